The van der Waals surface area contributed by atoms with Crippen LogP contribution in [0.2, 0.25) is 0 Å². The fourth-order valence-corrected chi connectivity index (χ4v) is 14.6. The third-order valence-electron chi connectivity index (χ3n) is 19.6. The van der Waals surface area contributed by atoms with Gasteiger partial charge in [0.05, 0.1) is 26.4 Å². The molecule has 0 aromatic heterocycles. The van der Waals surface area contributed by atoms with Crippen molar-refractivity contribution in [3.8, 4) is 0 Å². The molecule has 0 aromatic rings. The van der Waals surface area contributed by atoms with E-state index >= 15 is 0 Å². The molecular formula is C83H162O17P2. The van der Waals surface area contributed by atoms with Crippen LogP contribution in [0.15, 0.2) is 0 Å². The summed E-state index contributed by atoms with van der Waals surface area (Å²) in [4.78, 5) is 73.1. The largest absolute Gasteiger partial charge is 0.472 e. The predicted molar refractivity (Wildman–Crippen MR) is 419 cm³/mol. The number of esters is 4. The standard InChI is InChI=1S/C83H162O17P2/c1-5-9-13-17-21-25-29-33-36-38-39-40-43-46-50-54-58-62-66-70-83(88)100-79(74-94-81(86)68-64-60-56-52-48-44-42-37-34-30-26-22-18-14-10-6-2)76-98-102(91,92)96-72-77(84)71-95-101(89,90)97-75-78(73-93-80(85)67-63-59-55-51-47-32-28-24-20-16-12-8-4)99-82(87)69-65-61-57-53-49-45-41-35-31-27-23-19-15-11-7-3/h77-79,84H,5-76H2,1-4H3,(H,89,90)(H,91,92)/t77-,78+,79+/m0/s1. The van der Waals surface area contributed by atoms with E-state index < -0.39 is 97.5 Å². The molecule has 19 heteroatoms. The first-order chi connectivity index (χ1) is 49.7. The van der Waals surface area contributed by atoms with Gasteiger partial charge in [-0.1, -0.05) is 400 Å². The number of carbonyl (C=O) groups excluding carboxylic acids is 4. The highest BCUT2D eigenvalue weighted by Crippen LogP contribution is 2.45. The lowest BCUT2D eigenvalue weighted by Crippen LogP contribution is -2.30. The van der Waals surface area contributed by atoms with E-state index in [0.717, 1.165) is 89.9 Å². The van der Waals surface area contributed by atoms with E-state index in [1.807, 2.05) is 0 Å². The zero-order valence-electron chi connectivity index (χ0n) is 66.6. The third kappa shape index (κ3) is 76.3. The van der Waals surface area contributed by atoms with Crippen molar-refractivity contribution in [1.82, 2.24) is 0 Å². The first-order valence-corrected chi connectivity index (χ1v) is 46.3. The number of aliphatic hydroxyl groups is 1. The molecule has 0 aliphatic rings. The molecule has 0 radical (unpaired) electrons. The fraction of sp³-hybridized carbons (Fsp3) is 0.952. The summed E-state index contributed by atoms with van der Waals surface area (Å²) in [6, 6.07) is 0. The van der Waals surface area contributed by atoms with Gasteiger partial charge in [-0.15, -0.1) is 0 Å². The van der Waals surface area contributed by atoms with Gasteiger partial charge in [-0.2, -0.15) is 0 Å². The second kappa shape index (κ2) is 77.2. The lowest BCUT2D eigenvalue weighted by molar-refractivity contribution is -0.161. The number of carbonyl (C=O) groups is 4. The topological polar surface area (TPSA) is 237 Å². The summed E-state index contributed by atoms with van der Waals surface area (Å²) in [6.07, 6.45) is 70.6. The van der Waals surface area contributed by atoms with Gasteiger partial charge in [-0.25, -0.2) is 9.13 Å². The lowest BCUT2D eigenvalue weighted by atomic mass is 10.0. The Hall–Kier alpha value is -1.94. The maximum absolute atomic E-state index is 13.1. The van der Waals surface area contributed by atoms with Gasteiger partial charge >= 0.3 is 39.5 Å². The van der Waals surface area contributed by atoms with Crippen molar-refractivity contribution in [1.29, 1.82) is 0 Å². The summed E-state index contributed by atoms with van der Waals surface area (Å²) in [7, 11) is -9.92. The van der Waals surface area contributed by atoms with Gasteiger partial charge < -0.3 is 33.8 Å². The number of unbranched alkanes of at least 4 members (excludes halogenated alkanes) is 58. The smallest absolute Gasteiger partial charge is 0.462 e. The van der Waals surface area contributed by atoms with Gasteiger partial charge in [-0.3, -0.25) is 37.3 Å². The highest BCUT2D eigenvalue weighted by molar-refractivity contribution is 7.47. The number of aliphatic hydroxyl groups excluding tert-OH is 1. The highest BCUT2D eigenvalue weighted by atomic mass is 31.2. The van der Waals surface area contributed by atoms with Crippen LogP contribution in [-0.4, -0.2) is 96.7 Å². The minimum atomic E-state index is -4.96. The quantitative estimate of drug-likeness (QED) is 0.0222. The zero-order chi connectivity index (χ0) is 74.6. The molecule has 0 aliphatic carbocycles. The summed E-state index contributed by atoms with van der Waals surface area (Å²) < 4.78 is 68.8. The number of hydrogen-bond acceptors (Lipinski definition) is 15. The normalized spacial score (nSPS) is 13.8. The van der Waals surface area contributed by atoms with Crippen molar-refractivity contribution in [2.45, 2.75) is 470 Å². The molecule has 0 bridgehead atoms. The molecule has 5 atom stereocenters. The molecule has 0 spiro atoms. The Labute approximate surface area is 626 Å². The molecule has 606 valence electrons. The number of hydrogen-bond donors (Lipinski definition) is 3. The van der Waals surface area contributed by atoms with E-state index in [1.54, 1.807) is 0 Å². The van der Waals surface area contributed by atoms with Crippen LogP contribution in [0, 0.1) is 0 Å². The lowest BCUT2D eigenvalue weighted by Gasteiger charge is -2.21. The average Bonchev–Trinajstić information content (AvgIpc) is 0.969. The van der Waals surface area contributed by atoms with Crippen molar-refractivity contribution in [3.63, 3.8) is 0 Å². The molecular weight excluding hydrogens is 1330 g/mol. The van der Waals surface area contributed by atoms with Gasteiger partial charge in [0.25, 0.3) is 0 Å². The summed E-state index contributed by atoms with van der Waals surface area (Å²) in [6.45, 7) is 5.05. The van der Waals surface area contributed by atoms with E-state index in [0.29, 0.717) is 25.7 Å². The Bertz CT molecular complexity index is 1930. The van der Waals surface area contributed by atoms with Crippen LogP contribution in [0.4, 0.5) is 0 Å². The van der Waals surface area contributed by atoms with Crippen molar-refractivity contribution in [3.05, 3.63) is 0 Å². The van der Waals surface area contributed by atoms with Crippen LogP contribution >= 0.6 is 15.6 Å². The molecule has 0 saturated carbocycles. The van der Waals surface area contributed by atoms with Gasteiger partial charge in [-0.05, 0) is 25.7 Å². The van der Waals surface area contributed by atoms with Crippen LogP contribution in [0.3, 0.4) is 0 Å². The van der Waals surface area contributed by atoms with E-state index in [9.17, 15) is 43.2 Å². The van der Waals surface area contributed by atoms with Crippen LogP contribution in [0.5, 0.6) is 0 Å². The molecule has 0 aliphatic heterocycles. The summed E-state index contributed by atoms with van der Waals surface area (Å²) in [5.41, 5.74) is 0. The van der Waals surface area contributed by atoms with E-state index in [1.165, 1.54) is 283 Å². The Morgan fingerprint density at radius 2 is 0.392 bits per heavy atom. The zero-order valence-corrected chi connectivity index (χ0v) is 68.4. The van der Waals surface area contributed by atoms with Crippen LogP contribution in [0.1, 0.15) is 451 Å². The van der Waals surface area contributed by atoms with E-state index in [4.69, 9.17) is 37.0 Å². The van der Waals surface area contributed by atoms with Crippen LogP contribution < -0.4 is 0 Å². The molecule has 0 amide bonds. The van der Waals surface area contributed by atoms with Gasteiger partial charge in [0.2, 0.25) is 0 Å². The number of phosphoric ester groups is 2. The monoisotopic (exact) mass is 1490 g/mol. The second-order valence-corrected chi connectivity index (χ2v) is 32.8. The van der Waals surface area contributed by atoms with Crippen molar-refractivity contribution >= 4 is 39.5 Å². The highest BCUT2D eigenvalue weighted by Gasteiger charge is 2.30. The summed E-state index contributed by atoms with van der Waals surface area (Å²) in [5, 5.41) is 10.7. The average molecular weight is 1490 g/mol. The van der Waals surface area contributed by atoms with Crippen molar-refractivity contribution in [2.75, 3.05) is 39.6 Å². The molecule has 3 N–H and O–H groups in total. The second-order valence-electron chi connectivity index (χ2n) is 29.9. The number of rotatable bonds is 84. The van der Waals surface area contributed by atoms with Crippen LogP contribution in [0.25, 0.3) is 0 Å². The van der Waals surface area contributed by atoms with Gasteiger partial charge in [0.15, 0.2) is 12.2 Å². The molecule has 0 rings (SSSR count). The Balaban J connectivity index is 5.25. The van der Waals surface area contributed by atoms with Gasteiger partial charge in [0, 0.05) is 25.7 Å². The number of ether oxygens (including phenoxy) is 4. The Morgan fingerprint density at radius 1 is 0.235 bits per heavy atom. The predicted octanol–water partition coefficient (Wildman–Crippen LogP) is 25.4. The fourth-order valence-electron chi connectivity index (χ4n) is 13.0. The molecule has 17 nitrogen and oxygen atoms in total. The SMILES string of the molecule is CCCCCCCCCCCCCCCCCCCCCC(=O)O[C@H](COC(=O)CCCCCCCCCCCCCCCCCC)COP(=O)(O)OC[C@@H](O)COP(=O)(O)OC[C@@H](COC(=O)CCCCCCCCCCCCCC)OC(=O)CCCCCCCCCCCCCCCCC. The van der Waals surface area contributed by atoms with Gasteiger partial charge in [0.1, 0.15) is 19.3 Å². The minimum absolute atomic E-state index is 0.109. The molecule has 0 aromatic carbocycles. The van der Waals surface area contributed by atoms with Crippen LogP contribution in [-0.2, 0) is 65.4 Å². The molecule has 102 heavy (non-hydrogen) atoms. The third-order valence-corrected chi connectivity index (χ3v) is 21.5. The molecule has 0 heterocycles. The molecule has 0 fully saturated rings. The van der Waals surface area contributed by atoms with E-state index in [-0.39, 0.29) is 25.7 Å². The molecule has 2 unspecified atom stereocenters. The molecule has 0 saturated heterocycles. The van der Waals surface area contributed by atoms with Crippen molar-refractivity contribution in [2.24, 2.45) is 0 Å². The maximum Gasteiger partial charge on any atom is 0.472 e. The Kier molecular flexibility index (Phi) is 75.8. The number of phosphoric acid groups is 2. The maximum atomic E-state index is 13.1. The first-order valence-electron chi connectivity index (χ1n) is 43.3. The summed E-state index contributed by atoms with van der Waals surface area (Å²) in [5.74, 6) is -2.10. The summed E-state index contributed by atoms with van der Waals surface area (Å²) >= 11 is 0. The first kappa shape index (κ1) is 100. The Morgan fingerprint density at radius 3 is 0.578 bits per heavy atom. The van der Waals surface area contributed by atoms with E-state index in [2.05, 4.69) is 27.7 Å². The minimum Gasteiger partial charge on any atom is -0.462 e. The van der Waals surface area contributed by atoms with Crippen molar-refractivity contribution < 1.29 is 80.2 Å².